The summed E-state index contributed by atoms with van der Waals surface area (Å²) in [6.07, 6.45) is 0. The Kier molecular flexibility index (Phi) is 3.03. The van der Waals surface area contributed by atoms with Gasteiger partial charge in [0, 0.05) is 5.39 Å². The van der Waals surface area contributed by atoms with Crippen LogP contribution >= 0.6 is 0 Å². The Balaban J connectivity index is 2.76. The Morgan fingerprint density at radius 3 is 2.05 bits per heavy atom. The zero-order chi connectivity index (χ0) is 15.9. The van der Waals surface area contributed by atoms with Gasteiger partial charge in [0.25, 0.3) is 0 Å². The number of hydrogen-bond acceptors (Lipinski definition) is 3. The predicted octanol–water partition coefficient (Wildman–Crippen LogP) is 4.22. The van der Waals surface area contributed by atoms with Crippen LogP contribution < -0.4 is 0 Å². The summed E-state index contributed by atoms with van der Waals surface area (Å²) in [5.74, 6) is 0. The molecule has 0 aromatic heterocycles. The fraction of sp³-hybridized carbons (Fsp3) is 0.105. The molecule has 0 unspecified atom stereocenters. The molecule has 0 amide bonds. The van der Waals surface area contributed by atoms with Gasteiger partial charge in [-0.3, -0.25) is 0 Å². The van der Waals surface area contributed by atoms with Crippen LogP contribution in [0.5, 0.6) is 0 Å². The number of hydrogen-bond donors (Lipinski definition) is 0. The van der Waals surface area contributed by atoms with Gasteiger partial charge in [0.05, 0.1) is 16.7 Å². The molecule has 3 aromatic carbocycles. The quantitative estimate of drug-likeness (QED) is 0.579. The van der Waals surface area contributed by atoms with Crippen LogP contribution in [0.3, 0.4) is 0 Å². The van der Waals surface area contributed by atoms with Crippen molar-refractivity contribution in [1.82, 2.24) is 0 Å². The molecule has 3 aromatic rings. The summed E-state index contributed by atoms with van der Waals surface area (Å²) in [6, 6.07) is 16.0. The first-order chi connectivity index (χ1) is 10.6. The first kappa shape index (κ1) is 13.6. The van der Waals surface area contributed by atoms with Crippen LogP contribution in [-0.4, -0.2) is 0 Å². The van der Waals surface area contributed by atoms with E-state index in [2.05, 4.69) is 12.1 Å². The van der Waals surface area contributed by atoms with Gasteiger partial charge >= 0.3 is 0 Å². The molecule has 0 aliphatic carbocycles. The van der Waals surface area contributed by atoms with Gasteiger partial charge in [-0.25, -0.2) is 0 Å². The number of nitriles is 3. The monoisotopic (exact) mass is 281 g/mol. The van der Waals surface area contributed by atoms with Crippen molar-refractivity contribution in [3.8, 4) is 18.2 Å². The third kappa shape index (κ3) is 1.65. The molecule has 0 bridgehead atoms. The Bertz CT molecular complexity index is 1070. The summed E-state index contributed by atoms with van der Waals surface area (Å²) in [7, 11) is 0. The summed E-state index contributed by atoms with van der Waals surface area (Å²) in [5, 5.41) is 32.0. The van der Waals surface area contributed by atoms with Crippen molar-refractivity contribution in [3.05, 3.63) is 58.1 Å². The fourth-order valence-electron chi connectivity index (χ4n) is 3.10. The minimum absolute atomic E-state index is 0.169. The van der Waals surface area contributed by atoms with Gasteiger partial charge in [-0.1, -0.05) is 30.3 Å². The highest BCUT2D eigenvalue weighted by Crippen LogP contribution is 2.35. The van der Waals surface area contributed by atoms with E-state index in [1.54, 1.807) is 0 Å². The number of aryl methyl sites for hydroxylation is 2. The van der Waals surface area contributed by atoms with E-state index >= 15 is 0 Å². The van der Waals surface area contributed by atoms with E-state index in [-0.39, 0.29) is 11.1 Å². The molecule has 0 saturated heterocycles. The lowest BCUT2D eigenvalue weighted by atomic mass is 9.87. The van der Waals surface area contributed by atoms with Gasteiger partial charge in [0.1, 0.15) is 18.2 Å². The van der Waals surface area contributed by atoms with Crippen LogP contribution in [0.4, 0.5) is 0 Å². The van der Waals surface area contributed by atoms with Crippen molar-refractivity contribution in [3.63, 3.8) is 0 Å². The van der Waals surface area contributed by atoms with Gasteiger partial charge in [-0.2, -0.15) is 15.8 Å². The van der Waals surface area contributed by atoms with E-state index < -0.39 is 0 Å². The third-order valence-corrected chi connectivity index (χ3v) is 4.11. The molecule has 0 heterocycles. The fourth-order valence-corrected chi connectivity index (χ4v) is 3.10. The number of nitrogens with zero attached hydrogens (tertiary/aromatic N) is 3. The van der Waals surface area contributed by atoms with Crippen LogP contribution in [0, 0.1) is 47.8 Å². The minimum Gasteiger partial charge on any atom is -0.192 e. The van der Waals surface area contributed by atoms with Crippen LogP contribution in [0.25, 0.3) is 21.5 Å². The summed E-state index contributed by atoms with van der Waals surface area (Å²) in [4.78, 5) is 0. The van der Waals surface area contributed by atoms with Crippen LogP contribution in [0.15, 0.2) is 30.3 Å². The van der Waals surface area contributed by atoms with Crippen molar-refractivity contribution in [2.75, 3.05) is 0 Å². The molecule has 3 rings (SSSR count). The highest BCUT2D eigenvalue weighted by Gasteiger charge is 2.19. The molecule has 0 N–H and O–H groups in total. The van der Waals surface area contributed by atoms with Crippen molar-refractivity contribution in [2.24, 2.45) is 0 Å². The lowest BCUT2D eigenvalue weighted by molar-refractivity contribution is 1.37. The lowest BCUT2D eigenvalue weighted by Crippen LogP contribution is -1.98. The number of fused-ring (bicyclic) bond motifs is 3. The lowest BCUT2D eigenvalue weighted by Gasteiger charge is -2.13. The number of rotatable bonds is 0. The van der Waals surface area contributed by atoms with Crippen molar-refractivity contribution < 1.29 is 0 Å². The zero-order valence-electron chi connectivity index (χ0n) is 12.2. The van der Waals surface area contributed by atoms with E-state index in [1.807, 2.05) is 50.2 Å². The highest BCUT2D eigenvalue weighted by atomic mass is 14.3. The van der Waals surface area contributed by atoms with Crippen LogP contribution in [-0.2, 0) is 0 Å². The maximum absolute atomic E-state index is 9.49. The number of benzene rings is 3. The molecule has 3 heteroatoms. The van der Waals surface area contributed by atoms with Gasteiger partial charge in [-0.15, -0.1) is 0 Å². The minimum atomic E-state index is 0.169. The molecule has 22 heavy (non-hydrogen) atoms. The molecule has 0 atom stereocenters. The molecule has 0 aliphatic heterocycles. The summed E-state index contributed by atoms with van der Waals surface area (Å²) in [5.41, 5.74) is 2.59. The van der Waals surface area contributed by atoms with Gasteiger partial charge in [0.2, 0.25) is 0 Å². The first-order valence-electron chi connectivity index (χ1n) is 6.83. The maximum atomic E-state index is 9.49. The molecule has 102 valence electrons. The Morgan fingerprint density at radius 1 is 0.727 bits per heavy atom. The van der Waals surface area contributed by atoms with Gasteiger partial charge in [0.15, 0.2) is 0 Å². The molecule has 0 fully saturated rings. The predicted molar refractivity (Wildman–Crippen MR) is 85.1 cm³/mol. The second kappa shape index (κ2) is 4.88. The molecule has 0 aliphatic rings. The van der Waals surface area contributed by atoms with E-state index in [0.29, 0.717) is 5.56 Å². The largest absolute Gasteiger partial charge is 0.192 e. The summed E-state index contributed by atoms with van der Waals surface area (Å²) >= 11 is 0. The molecule has 0 spiro atoms. The molecule has 0 radical (unpaired) electrons. The SMILES string of the molecule is Cc1cccc2ccc3c(C#N)c(C#N)c(C#N)c(C)c3c12. The van der Waals surface area contributed by atoms with E-state index in [9.17, 15) is 15.8 Å². The van der Waals surface area contributed by atoms with Crippen molar-refractivity contribution in [2.45, 2.75) is 13.8 Å². The van der Waals surface area contributed by atoms with Crippen molar-refractivity contribution >= 4 is 21.5 Å². The third-order valence-electron chi connectivity index (χ3n) is 4.11. The Labute approximate surface area is 128 Å². The standard InChI is InChI=1S/C19H11N3/c1-11-4-3-5-13-6-7-14-16(9-21)17(10-22)15(8-20)12(2)19(14)18(11)13/h3-7H,1-2H3. The zero-order valence-corrected chi connectivity index (χ0v) is 12.2. The normalized spacial score (nSPS) is 10.1. The average molecular weight is 281 g/mol. The summed E-state index contributed by atoms with van der Waals surface area (Å²) < 4.78 is 0. The first-order valence-corrected chi connectivity index (χ1v) is 6.83. The maximum Gasteiger partial charge on any atom is 0.102 e. The highest BCUT2D eigenvalue weighted by molar-refractivity contribution is 6.13. The molecular weight excluding hydrogens is 270 g/mol. The molecular formula is C19H11N3. The average Bonchev–Trinajstić information content (AvgIpc) is 2.54. The second-order valence-electron chi connectivity index (χ2n) is 5.25. The van der Waals surface area contributed by atoms with E-state index in [4.69, 9.17) is 0 Å². The van der Waals surface area contributed by atoms with E-state index in [1.165, 1.54) is 0 Å². The Hall–Kier alpha value is -3.35. The Morgan fingerprint density at radius 2 is 1.41 bits per heavy atom. The van der Waals surface area contributed by atoms with Crippen LogP contribution in [0.1, 0.15) is 27.8 Å². The topological polar surface area (TPSA) is 71.4 Å². The molecule has 3 nitrogen and oxygen atoms in total. The smallest absolute Gasteiger partial charge is 0.102 e. The van der Waals surface area contributed by atoms with E-state index in [0.717, 1.165) is 32.7 Å². The summed E-state index contributed by atoms with van der Waals surface area (Å²) in [6.45, 7) is 3.85. The van der Waals surface area contributed by atoms with Gasteiger partial charge < -0.3 is 0 Å². The molecule has 0 saturated carbocycles. The van der Waals surface area contributed by atoms with Crippen molar-refractivity contribution in [1.29, 1.82) is 15.8 Å². The van der Waals surface area contributed by atoms with Crippen LogP contribution in [0.2, 0.25) is 0 Å². The second-order valence-corrected chi connectivity index (χ2v) is 5.25. The van der Waals surface area contributed by atoms with Gasteiger partial charge in [-0.05, 0) is 41.1 Å².